The van der Waals surface area contributed by atoms with Crippen molar-refractivity contribution in [2.45, 2.75) is 46.6 Å². The molecule has 3 aromatic heterocycles. The summed E-state index contributed by atoms with van der Waals surface area (Å²) in [5, 5.41) is 0. The molecule has 0 spiro atoms. The van der Waals surface area contributed by atoms with Crippen LogP contribution in [-0.2, 0) is 6.42 Å². The molecule has 0 aliphatic heterocycles. The number of aromatic amines is 2. The second kappa shape index (κ2) is 6.44. The minimum Gasteiger partial charge on any atom is -0.345 e. The van der Waals surface area contributed by atoms with Gasteiger partial charge >= 0.3 is 0 Å². The van der Waals surface area contributed by atoms with E-state index in [0.29, 0.717) is 0 Å². The van der Waals surface area contributed by atoms with Crippen molar-refractivity contribution in [3.63, 3.8) is 0 Å². The zero-order chi connectivity index (χ0) is 18.3. The van der Waals surface area contributed by atoms with Gasteiger partial charge in [0.15, 0.2) is 5.82 Å². The van der Waals surface area contributed by atoms with Crippen molar-refractivity contribution in [1.82, 2.24) is 29.5 Å². The van der Waals surface area contributed by atoms with E-state index in [-0.39, 0.29) is 6.04 Å². The lowest BCUT2D eigenvalue weighted by Crippen LogP contribution is -2.12. The Balaban J connectivity index is 1.80. The lowest BCUT2D eigenvalue weighted by Gasteiger charge is -2.16. The molecule has 0 aliphatic carbocycles. The third-order valence-electron chi connectivity index (χ3n) is 4.84. The van der Waals surface area contributed by atoms with Gasteiger partial charge in [-0.15, -0.1) is 0 Å². The maximum Gasteiger partial charge on any atom is 0.161 e. The van der Waals surface area contributed by atoms with Crippen LogP contribution in [0.5, 0.6) is 0 Å². The number of nitrogens with zero attached hydrogens (tertiary/aromatic N) is 4. The first-order valence-electron chi connectivity index (χ1n) is 9.15. The minimum atomic E-state index is 0.0846. The van der Waals surface area contributed by atoms with Crippen LogP contribution in [0.3, 0.4) is 0 Å². The molecular formula is C20H24N6. The van der Waals surface area contributed by atoms with Gasteiger partial charge in [0.2, 0.25) is 0 Å². The van der Waals surface area contributed by atoms with Crippen LogP contribution < -0.4 is 0 Å². The predicted octanol–water partition coefficient (Wildman–Crippen LogP) is 4.33. The number of H-pyrrole nitrogens is 2. The number of rotatable bonds is 5. The number of hydrogen-bond donors (Lipinski definition) is 2. The zero-order valence-corrected chi connectivity index (χ0v) is 15.7. The van der Waals surface area contributed by atoms with Crippen LogP contribution in [0, 0.1) is 13.8 Å². The lowest BCUT2D eigenvalue weighted by molar-refractivity contribution is 0.546. The van der Waals surface area contributed by atoms with E-state index in [1.54, 1.807) is 0 Å². The Morgan fingerprint density at radius 1 is 1.12 bits per heavy atom. The molecule has 2 N–H and O–H groups in total. The average molecular weight is 348 g/mol. The molecule has 4 aromatic rings. The number of imidazole rings is 3. The van der Waals surface area contributed by atoms with Gasteiger partial charge < -0.3 is 14.5 Å². The van der Waals surface area contributed by atoms with Crippen LogP contribution in [0.4, 0.5) is 0 Å². The van der Waals surface area contributed by atoms with Gasteiger partial charge in [0.25, 0.3) is 0 Å². The van der Waals surface area contributed by atoms with E-state index in [9.17, 15) is 0 Å². The fourth-order valence-electron chi connectivity index (χ4n) is 3.48. The number of nitrogens with one attached hydrogen (secondary N) is 2. The molecule has 1 atom stereocenters. The number of fused-ring (bicyclic) bond motifs is 1. The van der Waals surface area contributed by atoms with Crippen LogP contribution in [-0.4, -0.2) is 29.5 Å². The van der Waals surface area contributed by atoms with Crippen LogP contribution in [0.1, 0.15) is 49.2 Å². The van der Waals surface area contributed by atoms with Gasteiger partial charge in [0.1, 0.15) is 17.3 Å². The van der Waals surface area contributed by atoms with E-state index in [1.807, 2.05) is 19.3 Å². The Morgan fingerprint density at radius 3 is 2.69 bits per heavy atom. The van der Waals surface area contributed by atoms with E-state index in [2.05, 4.69) is 58.5 Å². The molecule has 6 nitrogen and oxygen atoms in total. The molecule has 0 amide bonds. The van der Waals surface area contributed by atoms with Crippen LogP contribution in [0.2, 0.25) is 0 Å². The summed E-state index contributed by atoms with van der Waals surface area (Å²) in [6, 6.07) is 6.38. The maximum absolute atomic E-state index is 4.83. The molecule has 3 heterocycles. The molecule has 0 fully saturated rings. The highest BCUT2D eigenvalue weighted by atomic mass is 15.1. The summed E-state index contributed by atoms with van der Waals surface area (Å²) in [6.07, 6.45) is 5.64. The Labute approximate surface area is 152 Å². The van der Waals surface area contributed by atoms with Crippen LogP contribution >= 0.6 is 0 Å². The van der Waals surface area contributed by atoms with Crippen molar-refractivity contribution in [1.29, 1.82) is 0 Å². The molecule has 26 heavy (non-hydrogen) atoms. The molecule has 1 aromatic carbocycles. The minimum absolute atomic E-state index is 0.0846. The normalized spacial score (nSPS) is 12.8. The Morgan fingerprint density at radius 2 is 1.96 bits per heavy atom. The van der Waals surface area contributed by atoms with Crippen molar-refractivity contribution >= 4 is 11.0 Å². The zero-order valence-electron chi connectivity index (χ0n) is 15.7. The molecule has 0 saturated heterocycles. The van der Waals surface area contributed by atoms with Crippen molar-refractivity contribution in [3.8, 4) is 11.5 Å². The molecule has 0 unspecified atom stereocenters. The van der Waals surface area contributed by atoms with Gasteiger partial charge in [-0.25, -0.2) is 15.0 Å². The first-order chi connectivity index (χ1) is 12.6. The molecule has 0 radical (unpaired) electrons. The lowest BCUT2D eigenvalue weighted by atomic mass is 10.2. The fraction of sp³-hybridized carbons (Fsp3) is 0.350. The SMILES string of the molecule is CCc1nc(-c2nccn2[C@H](CC)c2nc3ccc(C)cc3[nH]2)c(C)[nH]1. The fourth-order valence-corrected chi connectivity index (χ4v) is 3.48. The summed E-state index contributed by atoms with van der Waals surface area (Å²) in [4.78, 5) is 21.0. The second-order valence-corrected chi connectivity index (χ2v) is 6.74. The van der Waals surface area contributed by atoms with Crippen molar-refractivity contribution in [3.05, 3.63) is 53.5 Å². The first-order valence-corrected chi connectivity index (χ1v) is 9.15. The summed E-state index contributed by atoms with van der Waals surface area (Å²) < 4.78 is 2.17. The molecular weight excluding hydrogens is 324 g/mol. The highest BCUT2D eigenvalue weighted by Gasteiger charge is 2.22. The topological polar surface area (TPSA) is 75.2 Å². The van der Waals surface area contributed by atoms with Gasteiger partial charge in [-0.3, -0.25) is 0 Å². The van der Waals surface area contributed by atoms with E-state index in [4.69, 9.17) is 9.97 Å². The van der Waals surface area contributed by atoms with Gasteiger partial charge in [-0.2, -0.15) is 0 Å². The van der Waals surface area contributed by atoms with Crippen LogP contribution in [0.25, 0.3) is 22.6 Å². The van der Waals surface area contributed by atoms with Gasteiger partial charge in [0, 0.05) is 24.5 Å². The first kappa shape index (κ1) is 16.6. The molecule has 0 bridgehead atoms. The van der Waals surface area contributed by atoms with Crippen molar-refractivity contribution < 1.29 is 0 Å². The standard InChI is InChI=1S/C20H24N6/c1-5-16(19-23-14-8-7-12(3)11-15(14)24-19)26-10-9-21-20(26)18-13(4)22-17(6-2)25-18/h7-11,16H,5-6H2,1-4H3,(H,22,25)(H,23,24)/t16-/m1/s1. The van der Waals surface area contributed by atoms with Crippen molar-refractivity contribution in [2.75, 3.05) is 0 Å². The van der Waals surface area contributed by atoms with E-state index in [0.717, 1.165) is 52.7 Å². The number of benzene rings is 1. The van der Waals surface area contributed by atoms with E-state index < -0.39 is 0 Å². The third-order valence-corrected chi connectivity index (χ3v) is 4.84. The summed E-state index contributed by atoms with van der Waals surface area (Å²) in [5.74, 6) is 2.82. The van der Waals surface area contributed by atoms with E-state index in [1.165, 1.54) is 5.56 Å². The number of aromatic nitrogens is 6. The highest BCUT2D eigenvalue weighted by molar-refractivity contribution is 5.76. The second-order valence-electron chi connectivity index (χ2n) is 6.74. The molecule has 0 saturated carbocycles. The van der Waals surface area contributed by atoms with Crippen LogP contribution in [0.15, 0.2) is 30.6 Å². The van der Waals surface area contributed by atoms with Gasteiger partial charge in [0.05, 0.1) is 17.1 Å². The Hall–Kier alpha value is -2.89. The monoisotopic (exact) mass is 348 g/mol. The summed E-state index contributed by atoms with van der Waals surface area (Å²) >= 11 is 0. The van der Waals surface area contributed by atoms with Crippen molar-refractivity contribution in [2.24, 2.45) is 0 Å². The maximum atomic E-state index is 4.83. The average Bonchev–Trinajstić information content (AvgIpc) is 3.33. The Bertz CT molecular complexity index is 1050. The van der Waals surface area contributed by atoms with Gasteiger partial charge in [-0.05, 0) is 38.0 Å². The highest BCUT2D eigenvalue weighted by Crippen LogP contribution is 2.29. The van der Waals surface area contributed by atoms with Gasteiger partial charge in [-0.1, -0.05) is 19.9 Å². The number of hydrogen-bond acceptors (Lipinski definition) is 3. The smallest absolute Gasteiger partial charge is 0.161 e. The third kappa shape index (κ3) is 2.71. The summed E-state index contributed by atoms with van der Waals surface area (Å²) in [6.45, 7) is 8.41. The molecule has 6 heteroatoms. The van der Waals surface area contributed by atoms with E-state index >= 15 is 0 Å². The molecule has 134 valence electrons. The summed E-state index contributed by atoms with van der Waals surface area (Å²) in [5.41, 5.74) is 5.25. The predicted molar refractivity (Wildman–Crippen MR) is 103 cm³/mol. The summed E-state index contributed by atoms with van der Waals surface area (Å²) in [7, 11) is 0. The Kier molecular flexibility index (Phi) is 4.11. The number of aryl methyl sites for hydroxylation is 3. The largest absolute Gasteiger partial charge is 0.345 e. The quantitative estimate of drug-likeness (QED) is 0.564. The molecule has 0 aliphatic rings. The molecule has 4 rings (SSSR count).